The predicted molar refractivity (Wildman–Crippen MR) is 79.4 cm³/mol. The van der Waals surface area contributed by atoms with Gasteiger partial charge in [-0.15, -0.1) is 0 Å². The minimum absolute atomic E-state index is 0.0542. The fourth-order valence-electron chi connectivity index (χ4n) is 2.85. The second kappa shape index (κ2) is 5.87. The summed E-state index contributed by atoms with van der Waals surface area (Å²) < 4.78 is 0. The first kappa shape index (κ1) is 14.3. The van der Waals surface area contributed by atoms with Crippen molar-refractivity contribution in [2.75, 3.05) is 13.1 Å². The van der Waals surface area contributed by atoms with Gasteiger partial charge in [0.25, 0.3) is 0 Å². The van der Waals surface area contributed by atoms with Gasteiger partial charge in [-0.3, -0.25) is 9.69 Å². The zero-order valence-corrected chi connectivity index (χ0v) is 12.4. The summed E-state index contributed by atoms with van der Waals surface area (Å²) in [5.74, 6) is 0.280. The standard InChI is InChI=1S/C17H25NO/c1-4-15(16(19)14-8-6-5-7-9-14)18-12-10-17(2,3)11-13-18/h5-9,15H,4,10-13H2,1-3H3. The highest BCUT2D eigenvalue weighted by Crippen LogP contribution is 2.31. The first-order chi connectivity index (χ1) is 9.03. The number of ketones is 1. The minimum atomic E-state index is 0.0542. The molecule has 1 aliphatic rings. The molecule has 0 radical (unpaired) electrons. The van der Waals surface area contributed by atoms with E-state index in [2.05, 4.69) is 25.7 Å². The van der Waals surface area contributed by atoms with Gasteiger partial charge < -0.3 is 0 Å². The largest absolute Gasteiger partial charge is 0.293 e. The van der Waals surface area contributed by atoms with Gasteiger partial charge in [0.05, 0.1) is 6.04 Å². The number of carbonyl (C=O) groups excluding carboxylic acids is 1. The molecule has 1 fully saturated rings. The van der Waals surface area contributed by atoms with E-state index in [0.717, 1.165) is 25.1 Å². The van der Waals surface area contributed by atoms with E-state index in [4.69, 9.17) is 0 Å². The molecule has 0 amide bonds. The molecule has 1 heterocycles. The van der Waals surface area contributed by atoms with Crippen LogP contribution >= 0.6 is 0 Å². The molecule has 1 aromatic rings. The van der Waals surface area contributed by atoms with E-state index in [0.29, 0.717) is 5.41 Å². The van der Waals surface area contributed by atoms with Gasteiger partial charge in [0, 0.05) is 5.56 Å². The molecule has 19 heavy (non-hydrogen) atoms. The SMILES string of the molecule is CCC(C(=O)c1ccccc1)N1CCC(C)(C)CC1. The molecule has 0 aromatic heterocycles. The Hall–Kier alpha value is -1.15. The average molecular weight is 259 g/mol. The molecule has 1 aliphatic heterocycles. The van der Waals surface area contributed by atoms with Crippen molar-refractivity contribution in [3.05, 3.63) is 35.9 Å². The Labute approximate surface area is 116 Å². The first-order valence-corrected chi connectivity index (χ1v) is 7.37. The molecule has 2 heteroatoms. The summed E-state index contributed by atoms with van der Waals surface area (Å²) in [5, 5.41) is 0. The third kappa shape index (κ3) is 3.44. The third-order valence-electron chi connectivity index (χ3n) is 4.34. The van der Waals surface area contributed by atoms with Gasteiger partial charge >= 0.3 is 0 Å². The van der Waals surface area contributed by atoms with Crippen LogP contribution in [0.25, 0.3) is 0 Å². The summed E-state index contributed by atoms with van der Waals surface area (Å²) in [6.07, 6.45) is 3.27. The van der Waals surface area contributed by atoms with Gasteiger partial charge in [0.2, 0.25) is 0 Å². The third-order valence-corrected chi connectivity index (χ3v) is 4.34. The fourth-order valence-corrected chi connectivity index (χ4v) is 2.85. The Morgan fingerprint density at radius 3 is 2.32 bits per heavy atom. The summed E-state index contributed by atoms with van der Waals surface area (Å²) >= 11 is 0. The van der Waals surface area contributed by atoms with Gasteiger partial charge in [-0.1, -0.05) is 51.1 Å². The molecular weight excluding hydrogens is 234 g/mol. The van der Waals surface area contributed by atoms with Gasteiger partial charge in [-0.25, -0.2) is 0 Å². The number of piperidine rings is 1. The van der Waals surface area contributed by atoms with Crippen LogP contribution < -0.4 is 0 Å². The maximum atomic E-state index is 12.6. The van der Waals surface area contributed by atoms with Crippen LogP contribution in [0.15, 0.2) is 30.3 Å². The van der Waals surface area contributed by atoms with Gasteiger partial charge in [0.1, 0.15) is 0 Å². The molecule has 104 valence electrons. The number of benzene rings is 1. The van der Waals surface area contributed by atoms with Gasteiger partial charge in [0.15, 0.2) is 5.78 Å². The van der Waals surface area contributed by atoms with Gasteiger partial charge in [-0.05, 0) is 37.8 Å². The fraction of sp³-hybridized carbons (Fsp3) is 0.588. The lowest BCUT2D eigenvalue weighted by atomic mass is 9.82. The quantitative estimate of drug-likeness (QED) is 0.767. The highest BCUT2D eigenvalue weighted by molar-refractivity contribution is 6.00. The summed E-state index contributed by atoms with van der Waals surface area (Å²) in [6, 6.07) is 9.76. The molecule has 2 nitrogen and oxygen atoms in total. The van der Waals surface area contributed by atoms with Crippen LogP contribution in [0.2, 0.25) is 0 Å². The van der Waals surface area contributed by atoms with Crippen molar-refractivity contribution in [1.82, 2.24) is 4.90 Å². The highest BCUT2D eigenvalue weighted by Gasteiger charge is 2.31. The molecule has 0 aliphatic carbocycles. The molecule has 1 atom stereocenters. The van der Waals surface area contributed by atoms with Crippen molar-refractivity contribution >= 4 is 5.78 Å². The maximum absolute atomic E-state index is 12.6. The molecule has 1 unspecified atom stereocenters. The minimum Gasteiger partial charge on any atom is -0.293 e. The van der Waals surface area contributed by atoms with E-state index in [9.17, 15) is 4.79 Å². The second-order valence-corrected chi connectivity index (χ2v) is 6.35. The van der Waals surface area contributed by atoms with Gasteiger partial charge in [-0.2, -0.15) is 0 Å². The van der Waals surface area contributed by atoms with E-state index in [1.807, 2.05) is 30.3 Å². The number of Topliss-reactive ketones (excluding diaryl/α,β-unsaturated/α-hetero) is 1. The normalized spacial score (nSPS) is 21.0. The lowest BCUT2D eigenvalue weighted by Gasteiger charge is -2.40. The molecule has 1 saturated heterocycles. The highest BCUT2D eigenvalue weighted by atomic mass is 16.1. The maximum Gasteiger partial charge on any atom is 0.179 e. The Morgan fingerprint density at radius 1 is 1.21 bits per heavy atom. The number of likely N-dealkylation sites (tertiary alicyclic amines) is 1. The number of hydrogen-bond acceptors (Lipinski definition) is 2. The number of hydrogen-bond donors (Lipinski definition) is 0. The van der Waals surface area contributed by atoms with E-state index in [1.54, 1.807) is 0 Å². The van der Waals surface area contributed by atoms with E-state index in [1.165, 1.54) is 12.8 Å². The molecule has 0 saturated carbocycles. The zero-order valence-electron chi connectivity index (χ0n) is 12.4. The van der Waals surface area contributed by atoms with Crippen LogP contribution in [-0.4, -0.2) is 29.8 Å². The van der Waals surface area contributed by atoms with E-state index in [-0.39, 0.29) is 11.8 Å². The molecule has 1 aromatic carbocycles. The van der Waals surface area contributed by atoms with Crippen LogP contribution in [-0.2, 0) is 0 Å². The van der Waals surface area contributed by atoms with Crippen LogP contribution in [0.5, 0.6) is 0 Å². The summed E-state index contributed by atoms with van der Waals surface area (Å²) in [5.41, 5.74) is 1.28. The number of carbonyl (C=O) groups is 1. The summed E-state index contributed by atoms with van der Waals surface area (Å²) in [7, 11) is 0. The predicted octanol–water partition coefficient (Wildman–Crippen LogP) is 3.77. The van der Waals surface area contributed by atoms with Crippen molar-refractivity contribution in [3.63, 3.8) is 0 Å². The Bertz CT molecular complexity index is 414. The Morgan fingerprint density at radius 2 is 1.79 bits per heavy atom. The molecule has 0 bridgehead atoms. The first-order valence-electron chi connectivity index (χ1n) is 7.37. The van der Waals surface area contributed by atoms with Crippen molar-refractivity contribution in [1.29, 1.82) is 0 Å². The van der Waals surface area contributed by atoms with Crippen LogP contribution in [0, 0.1) is 5.41 Å². The van der Waals surface area contributed by atoms with Crippen LogP contribution in [0.4, 0.5) is 0 Å². The van der Waals surface area contributed by atoms with E-state index >= 15 is 0 Å². The number of nitrogens with zero attached hydrogens (tertiary/aromatic N) is 1. The van der Waals surface area contributed by atoms with Crippen molar-refractivity contribution in [3.8, 4) is 0 Å². The van der Waals surface area contributed by atoms with Crippen molar-refractivity contribution in [2.45, 2.75) is 46.1 Å². The zero-order chi connectivity index (χ0) is 13.9. The lowest BCUT2D eigenvalue weighted by Crippen LogP contribution is -2.47. The van der Waals surface area contributed by atoms with Crippen molar-refractivity contribution in [2.24, 2.45) is 5.41 Å². The van der Waals surface area contributed by atoms with Crippen LogP contribution in [0.3, 0.4) is 0 Å². The molecule has 2 rings (SSSR count). The second-order valence-electron chi connectivity index (χ2n) is 6.35. The Kier molecular flexibility index (Phi) is 4.41. The van der Waals surface area contributed by atoms with Crippen molar-refractivity contribution < 1.29 is 4.79 Å². The molecule has 0 spiro atoms. The average Bonchev–Trinajstić information content (AvgIpc) is 2.42. The monoisotopic (exact) mass is 259 g/mol. The molecule has 0 N–H and O–H groups in total. The summed E-state index contributed by atoms with van der Waals surface area (Å²) in [6.45, 7) is 8.86. The van der Waals surface area contributed by atoms with E-state index < -0.39 is 0 Å². The van der Waals surface area contributed by atoms with Crippen LogP contribution in [0.1, 0.15) is 50.4 Å². The molecular formula is C17H25NO. The Balaban J connectivity index is 2.07. The smallest absolute Gasteiger partial charge is 0.179 e. The topological polar surface area (TPSA) is 20.3 Å². The number of rotatable bonds is 4. The summed E-state index contributed by atoms with van der Waals surface area (Å²) in [4.78, 5) is 15.0. The lowest BCUT2D eigenvalue weighted by molar-refractivity contribution is 0.0643.